The minimum absolute atomic E-state index is 0.102. The number of aromatic nitrogens is 5. The molecular formula is C30H35N7O2. The SMILES string of the molecule is COc1c(C#N)cc(C(C)(C)C)cc1C(=O)Nc1ccc(C)c(-n2cc(-c3cnc(C(C)(C)C)n3C)nn2)c1. The smallest absolute Gasteiger partial charge is 0.259 e. The highest BCUT2D eigenvalue weighted by Gasteiger charge is 2.24. The Kier molecular flexibility index (Phi) is 7.09. The molecule has 4 aromatic rings. The van der Waals surface area contributed by atoms with Gasteiger partial charge in [-0.2, -0.15) is 5.26 Å². The molecule has 39 heavy (non-hydrogen) atoms. The summed E-state index contributed by atoms with van der Waals surface area (Å²) in [5.74, 6) is 0.841. The molecule has 2 aromatic heterocycles. The number of benzene rings is 2. The predicted molar refractivity (Wildman–Crippen MR) is 151 cm³/mol. The van der Waals surface area contributed by atoms with Gasteiger partial charge in [0, 0.05) is 18.2 Å². The Labute approximate surface area is 229 Å². The molecule has 0 aliphatic heterocycles. The standard InChI is InChI=1S/C30H35N7O2/c1-18-10-11-21(33-27(38)22-13-20(29(2,3)4)12-19(15-31)26(22)39-9)14-24(18)37-17-23(34-35-37)25-16-32-28(36(25)8)30(5,6)7/h10-14,16-17H,1-9H3,(H,33,38). The topological polar surface area (TPSA) is 111 Å². The van der Waals surface area contributed by atoms with Gasteiger partial charge in [-0.1, -0.05) is 52.8 Å². The maximum atomic E-state index is 13.4. The van der Waals surface area contributed by atoms with E-state index in [9.17, 15) is 10.1 Å². The number of hydrogen-bond acceptors (Lipinski definition) is 6. The fourth-order valence-corrected chi connectivity index (χ4v) is 4.51. The van der Waals surface area contributed by atoms with E-state index < -0.39 is 0 Å². The van der Waals surface area contributed by atoms with Crippen LogP contribution in [-0.2, 0) is 17.9 Å². The summed E-state index contributed by atoms with van der Waals surface area (Å²) < 4.78 is 9.20. The number of ether oxygens (including phenoxy) is 1. The summed E-state index contributed by atoms with van der Waals surface area (Å²) in [6, 6.07) is 11.3. The number of methoxy groups -OCH3 is 1. The third-order valence-electron chi connectivity index (χ3n) is 6.65. The van der Waals surface area contributed by atoms with Crippen LogP contribution in [0.5, 0.6) is 5.75 Å². The van der Waals surface area contributed by atoms with Crippen LogP contribution in [0.25, 0.3) is 17.1 Å². The van der Waals surface area contributed by atoms with Gasteiger partial charge in [0.2, 0.25) is 0 Å². The molecule has 0 spiro atoms. The summed E-state index contributed by atoms with van der Waals surface area (Å²) in [7, 11) is 3.44. The largest absolute Gasteiger partial charge is 0.495 e. The van der Waals surface area contributed by atoms with Crippen molar-refractivity contribution in [1.29, 1.82) is 5.26 Å². The van der Waals surface area contributed by atoms with Gasteiger partial charge in [-0.25, -0.2) is 9.67 Å². The molecule has 0 unspecified atom stereocenters. The predicted octanol–water partition coefficient (Wildman–Crippen LogP) is 5.70. The van der Waals surface area contributed by atoms with Gasteiger partial charge >= 0.3 is 0 Å². The van der Waals surface area contributed by atoms with Gasteiger partial charge in [0.05, 0.1) is 42.0 Å². The molecule has 2 heterocycles. The second-order valence-corrected chi connectivity index (χ2v) is 11.7. The number of hydrogen-bond donors (Lipinski definition) is 1. The summed E-state index contributed by atoms with van der Waals surface area (Å²) in [5.41, 5.74) is 5.02. The van der Waals surface area contributed by atoms with E-state index in [1.807, 2.05) is 69.9 Å². The molecule has 0 saturated carbocycles. The second kappa shape index (κ2) is 10.0. The van der Waals surface area contributed by atoms with E-state index in [1.54, 1.807) is 16.8 Å². The Morgan fingerprint density at radius 1 is 1.08 bits per heavy atom. The van der Waals surface area contributed by atoms with Crippen LogP contribution in [0, 0.1) is 18.3 Å². The van der Waals surface area contributed by atoms with Crippen LogP contribution in [0.3, 0.4) is 0 Å². The number of carbonyl (C=O) groups is 1. The Balaban J connectivity index is 1.67. The maximum absolute atomic E-state index is 13.4. The summed E-state index contributed by atoms with van der Waals surface area (Å²) >= 11 is 0. The van der Waals surface area contributed by atoms with Gasteiger partial charge in [0.15, 0.2) is 0 Å². The maximum Gasteiger partial charge on any atom is 0.259 e. The molecule has 1 amide bonds. The third kappa shape index (κ3) is 5.41. The van der Waals surface area contributed by atoms with Gasteiger partial charge in [0.1, 0.15) is 23.3 Å². The highest BCUT2D eigenvalue weighted by atomic mass is 16.5. The summed E-state index contributed by atoms with van der Waals surface area (Å²) in [6.07, 6.45) is 3.67. The third-order valence-corrected chi connectivity index (χ3v) is 6.65. The molecule has 0 radical (unpaired) electrons. The van der Waals surface area contributed by atoms with Crippen molar-refractivity contribution < 1.29 is 9.53 Å². The number of aryl methyl sites for hydroxylation is 1. The normalized spacial score (nSPS) is 11.8. The van der Waals surface area contributed by atoms with Gasteiger partial charge in [-0.15, -0.1) is 5.10 Å². The lowest BCUT2D eigenvalue weighted by Gasteiger charge is -2.22. The molecule has 0 aliphatic carbocycles. The van der Waals surface area contributed by atoms with Crippen molar-refractivity contribution in [1.82, 2.24) is 24.5 Å². The number of amides is 1. The number of nitrogens with one attached hydrogen (secondary N) is 1. The van der Waals surface area contributed by atoms with Crippen LogP contribution in [0.4, 0.5) is 5.69 Å². The van der Waals surface area contributed by atoms with Crippen molar-refractivity contribution in [3.63, 3.8) is 0 Å². The Morgan fingerprint density at radius 2 is 1.79 bits per heavy atom. The molecule has 202 valence electrons. The lowest BCUT2D eigenvalue weighted by molar-refractivity contribution is 0.102. The first-order valence-electron chi connectivity index (χ1n) is 12.7. The fourth-order valence-electron chi connectivity index (χ4n) is 4.51. The molecule has 0 bridgehead atoms. The van der Waals surface area contributed by atoms with Crippen LogP contribution in [-0.4, -0.2) is 37.6 Å². The fraction of sp³-hybridized carbons (Fsp3) is 0.367. The number of nitrogens with zero attached hydrogens (tertiary/aromatic N) is 6. The van der Waals surface area contributed by atoms with Gasteiger partial charge in [0.25, 0.3) is 5.91 Å². The molecule has 0 aliphatic rings. The van der Waals surface area contributed by atoms with Crippen molar-refractivity contribution >= 4 is 11.6 Å². The average Bonchev–Trinajstić information content (AvgIpc) is 3.50. The van der Waals surface area contributed by atoms with Crippen molar-refractivity contribution in [3.05, 3.63) is 70.8 Å². The summed E-state index contributed by atoms with van der Waals surface area (Å²) in [6.45, 7) is 14.4. The molecule has 9 heteroatoms. The van der Waals surface area contributed by atoms with E-state index in [-0.39, 0.29) is 22.5 Å². The molecular weight excluding hydrogens is 490 g/mol. The molecule has 1 N–H and O–H groups in total. The molecule has 0 saturated heterocycles. The number of carbonyl (C=O) groups excluding carboxylic acids is 1. The molecule has 0 fully saturated rings. The van der Waals surface area contributed by atoms with Crippen molar-refractivity contribution in [2.24, 2.45) is 7.05 Å². The van der Waals surface area contributed by atoms with Crippen molar-refractivity contribution in [2.75, 3.05) is 12.4 Å². The van der Waals surface area contributed by atoms with Crippen LogP contribution >= 0.6 is 0 Å². The van der Waals surface area contributed by atoms with E-state index in [0.717, 1.165) is 28.3 Å². The average molecular weight is 526 g/mol. The zero-order valence-corrected chi connectivity index (χ0v) is 24.0. The number of imidazole rings is 1. The van der Waals surface area contributed by atoms with Crippen LogP contribution in [0.2, 0.25) is 0 Å². The highest BCUT2D eigenvalue weighted by molar-refractivity contribution is 6.07. The van der Waals surface area contributed by atoms with E-state index in [4.69, 9.17) is 4.74 Å². The van der Waals surface area contributed by atoms with E-state index >= 15 is 0 Å². The molecule has 4 rings (SSSR count). The number of anilines is 1. The number of rotatable bonds is 5. The lowest BCUT2D eigenvalue weighted by Crippen LogP contribution is -2.18. The Hall–Kier alpha value is -4.45. The molecule has 0 atom stereocenters. The zero-order chi connectivity index (χ0) is 28.7. The molecule has 9 nitrogen and oxygen atoms in total. The first-order valence-corrected chi connectivity index (χ1v) is 12.7. The lowest BCUT2D eigenvalue weighted by atomic mass is 9.84. The molecule has 2 aromatic carbocycles. The van der Waals surface area contributed by atoms with Crippen molar-refractivity contribution in [3.8, 4) is 28.9 Å². The zero-order valence-electron chi connectivity index (χ0n) is 24.0. The summed E-state index contributed by atoms with van der Waals surface area (Å²) in [5, 5.41) is 21.4. The van der Waals surface area contributed by atoms with E-state index in [0.29, 0.717) is 22.5 Å². The quantitative estimate of drug-likeness (QED) is 0.358. The van der Waals surface area contributed by atoms with E-state index in [1.165, 1.54) is 7.11 Å². The Bertz CT molecular complexity index is 1590. The second-order valence-electron chi connectivity index (χ2n) is 11.7. The van der Waals surface area contributed by atoms with Gasteiger partial charge in [-0.3, -0.25) is 4.79 Å². The van der Waals surface area contributed by atoms with E-state index in [2.05, 4.69) is 47.5 Å². The minimum atomic E-state index is -0.367. The van der Waals surface area contributed by atoms with Crippen LogP contribution < -0.4 is 10.1 Å². The van der Waals surface area contributed by atoms with Crippen LogP contribution in [0.1, 0.15) is 74.4 Å². The first kappa shape index (κ1) is 27.6. The van der Waals surface area contributed by atoms with Gasteiger partial charge in [-0.05, 0) is 47.7 Å². The first-order chi connectivity index (χ1) is 18.2. The minimum Gasteiger partial charge on any atom is -0.495 e. The monoisotopic (exact) mass is 525 g/mol. The highest BCUT2D eigenvalue weighted by Crippen LogP contribution is 2.32. The van der Waals surface area contributed by atoms with Gasteiger partial charge < -0.3 is 14.6 Å². The number of nitriles is 1. The van der Waals surface area contributed by atoms with Crippen LogP contribution in [0.15, 0.2) is 42.7 Å². The Morgan fingerprint density at radius 3 is 2.38 bits per heavy atom. The summed E-state index contributed by atoms with van der Waals surface area (Å²) in [4.78, 5) is 18.0. The van der Waals surface area contributed by atoms with Crippen molar-refractivity contribution in [2.45, 2.75) is 59.3 Å².